The van der Waals surface area contributed by atoms with Crippen molar-refractivity contribution >= 4 is 52.4 Å². The van der Waals surface area contributed by atoms with Gasteiger partial charge in [-0.05, 0) is 56.0 Å². The minimum Gasteiger partial charge on any atom is -0.336 e. The van der Waals surface area contributed by atoms with E-state index < -0.39 is 0 Å². The van der Waals surface area contributed by atoms with E-state index in [9.17, 15) is 9.59 Å². The molecule has 0 saturated carbocycles. The van der Waals surface area contributed by atoms with Crippen molar-refractivity contribution in [2.45, 2.75) is 64.6 Å². The van der Waals surface area contributed by atoms with E-state index in [1.165, 1.54) is 0 Å². The van der Waals surface area contributed by atoms with Gasteiger partial charge in [0.25, 0.3) is 11.8 Å². The lowest BCUT2D eigenvalue weighted by atomic mass is 10.1. The molecule has 1 fully saturated rings. The van der Waals surface area contributed by atoms with Gasteiger partial charge in [-0.1, -0.05) is 60.3 Å². The highest BCUT2D eigenvalue weighted by Gasteiger charge is 2.36. The molecule has 2 amide bonds. The second-order valence-corrected chi connectivity index (χ2v) is 12.2. The van der Waals surface area contributed by atoms with Crippen molar-refractivity contribution < 1.29 is 9.59 Å². The summed E-state index contributed by atoms with van der Waals surface area (Å²) in [6, 6.07) is 12.5. The predicted octanol–water partition coefficient (Wildman–Crippen LogP) is 6.97. The molecule has 5 rings (SSSR count). The van der Waals surface area contributed by atoms with Crippen LogP contribution in [-0.4, -0.2) is 63.9 Å². The van der Waals surface area contributed by atoms with Crippen molar-refractivity contribution in [3.05, 3.63) is 80.2 Å². The fourth-order valence-corrected chi connectivity index (χ4v) is 6.49. The highest BCUT2D eigenvalue weighted by Crippen LogP contribution is 2.32. The minimum atomic E-state index is -0.197. The molecule has 2 aromatic carbocycles. The number of aryl methyl sites for hydroxylation is 1. The molecule has 0 aliphatic carbocycles. The molecule has 1 atom stereocenters. The average molecular weight is 617 g/mol. The Morgan fingerprint density at radius 3 is 2.51 bits per heavy atom. The Morgan fingerprint density at radius 2 is 1.78 bits per heavy atom. The van der Waals surface area contributed by atoms with Crippen LogP contribution >= 0.6 is 34.8 Å². The van der Waals surface area contributed by atoms with E-state index in [1.54, 1.807) is 29.2 Å². The highest BCUT2D eigenvalue weighted by molar-refractivity contribution is 6.36. The largest absolute Gasteiger partial charge is 0.336 e. The summed E-state index contributed by atoms with van der Waals surface area (Å²) in [5.74, 6) is 1.01. The molecule has 3 heterocycles. The summed E-state index contributed by atoms with van der Waals surface area (Å²) in [5.41, 5.74) is 1.89. The molecule has 41 heavy (non-hydrogen) atoms. The molecule has 2 aliphatic rings. The van der Waals surface area contributed by atoms with Crippen LogP contribution in [0.25, 0.3) is 0 Å². The third-order valence-corrected chi connectivity index (χ3v) is 9.07. The van der Waals surface area contributed by atoms with Crippen LogP contribution in [0.15, 0.2) is 42.5 Å². The molecule has 2 aliphatic heterocycles. The smallest absolute Gasteiger partial charge is 0.274 e. The van der Waals surface area contributed by atoms with Crippen molar-refractivity contribution in [2.75, 3.05) is 31.6 Å². The van der Waals surface area contributed by atoms with Crippen molar-refractivity contribution in [2.24, 2.45) is 0 Å². The molecule has 0 radical (unpaired) electrons. The third-order valence-electron chi connectivity index (χ3n) is 8.13. The van der Waals surface area contributed by atoms with Crippen LogP contribution in [0.5, 0.6) is 0 Å². The van der Waals surface area contributed by atoms with Gasteiger partial charge in [-0.2, -0.15) is 0 Å². The maximum Gasteiger partial charge on any atom is 0.274 e. The second-order valence-electron chi connectivity index (χ2n) is 10.9. The normalized spacial score (nSPS) is 17.0. The molecule has 0 N–H and O–H groups in total. The first-order chi connectivity index (χ1) is 19.8. The molecule has 1 unspecified atom stereocenters. The zero-order valence-corrected chi connectivity index (χ0v) is 25.9. The first kappa shape index (κ1) is 29.9. The molecule has 0 spiro atoms. The van der Waals surface area contributed by atoms with Gasteiger partial charge in [0.15, 0.2) is 11.5 Å². The molecule has 1 saturated heterocycles. The van der Waals surface area contributed by atoms with Gasteiger partial charge >= 0.3 is 0 Å². The van der Waals surface area contributed by atoms with Crippen LogP contribution in [0.1, 0.15) is 71.3 Å². The number of nitrogens with zero attached hydrogens (tertiary/aromatic N) is 5. The van der Waals surface area contributed by atoms with Gasteiger partial charge in [-0.15, -0.1) is 0 Å². The molecule has 3 aromatic rings. The van der Waals surface area contributed by atoms with E-state index in [4.69, 9.17) is 39.8 Å². The van der Waals surface area contributed by atoms with Crippen molar-refractivity contribution in [3.63, 3.8) is 0 Å². The maximum atomic E-state index is 14.3. The number of halogens is 3. The van der Waals surface area contributed by atoms with Crippen LogP contribution < -0.4 is 4.90 Å². The van der Waals surface area contributed by atoms with Crippen LogP contribution in [0.3, 0.4) is 0 Å². The fourth-order valence-electron chi connectivity index (χ4n) is 5.78. The summed E-state index contributed by atoms with van der Waals surface area (Å²) in [6.45, 7) is 5.44. The second kappa shape index (κ2) is 13.2. The van der Waals surface area contributed by atoms with Gasteiger partial charge in [-0.3, -0.25) is 19.4 Å². The van der Waals surface area contributed by atoms with E-state index in [0.29, 0.717) is 58.3 Å². The molecule has 1 aromatic heterocycles. The number of hydrogen-bond donors (Lipinski definition) is 0. The molecular formula is C31H36Cl3N5O2. The van der Waals surface area contributed by atoms with E-state index in [0.717, 1.165) is 56.5 Å². The van der Waals surface area contributed by atoms with Crippen LogP contribution in [0, 0.1) is 0 Å². The number of hydrogen-bond acceptors (Lipinski definition) is 4. The van der Waals surface area contributed by atoms with Crippen molar-refractivity contribution in [3.8, 4) is 0 Å². The Hall–Kier alpha value is -2.58. The predicted molar refractivity (Wildman–Crippen MR) is 165 cm³/mol. The summed E-state index contributed by atoms with van der Waals surface area (Å²) < 4.78 is 2.04. The number of carbonyl (C=O) groups excluding carboxylic acids is 2. The van der Waals surface area contributed by atoms with Gasteiger partial charge in [0.05, 0.1) is 0 Å². The van der Waals surface area contributed by atoms with Gasteiger partial charge in [-0.25, -0.2) is 4.98 Å². The van der Waals surface area contributed by atoms with E-state index in [-0.39, 0.29) is 17.9 Å². The number of benzene rings is 2. The first-order valence-electron chi connectivity index (χ1n) is 14.4. The van der Waals surface area contributed by atoms with Gasteiger partial charge < -0.3 is 9.47 Å². The molecule has 10 heteroatoms. The van der Waals surface area contributed by atoms with Crippen molar-refractivity contribution in [1.82, 2.24) is 19.4 Å². The highest BCUT2D eigenvalue weighted by atomic mass is 35.5. The minimum absolute atomic E-state index is 0.0130. The van der Waals surface area contributed by atoms with Gasteiger partial charge in [0, 0.05) is 78.4 Å². The van der Waals surface area contributed by atoms with Gasteiger partial charge in [0.1, 0.15) is 5.82 Å². The lowest BCUT2D eigenvalue weighted by Gasteiger charge is -2.28. The molecule has 7 nitrogen and oxygen atoms in total. The van der Waals surface area contributed by atoms with Crippen molar-refractivity contribution in [1.29, 1.82) is 0 Å². The van der Waals surface area contributed by atoms with E-state index >= 15 is 0 Å². The van der Waals surface area contributed by atoms with Crippen LogP contribution in [-0.2, 0) is 19.5 Å². The summed E-state index contributed by atoms with van der Waals surface area (Å²) >= 11 is 19.1. The lowest BCUT2D eigenvalue weighted by Crippen LogP contribution is -2.41. The molecule has 218 valence electrons. The Kier molecular flexibility index (Phi) is 9.59. The number of likely N-dealkylation sites (tertiary alicyclic amines) is 1. The number of fused-ring (bicyclic) bond motifs is 1. The Bertz CT molecular complexity index is 1400. The monoisotopic (exact) mass is 615 g/mol. The average Bonchev–Trinajstić information content (AvgIpc) is 3.59. The Morgan fingerprint density at radius 1 is 1.02 bits per heavy atom. The SMILES string of the molecule is CCCCN(C(=O)c1cccc(Cl)c1)c1nc2n(c1C(=O)N(C)C1CCN(Cc3c(Cl)cccc3Cl)C1)CCCC2. The number of amides is 2. The number of unbranched alkanes of at least 4 members (excludes halogenated alkanes) is 1. The zero-order chi connectivity index (χ0) is 29.1. The number of likely N-dealkylation sites (N-methyl/N-ethyl adjacent to an activating group) is 1. The number of imidazole rings is 1. The summed E-state index contributed by atoms with van der Waals surface area (Å²) in [5, 5.41) is 1.80. The zero-order valence-electron chi connectivity index (χ0n) is 23.6. The quantitative estimate of drug-likeness (QED) is 0.260. The standard InChI is InChI=1S/C31H36Cl3N5O2/c1-3-4-15-39(30(40)21-9-7-10-22(32)18-21)29-28(38-16-6-5-13-27(38)35-29)31(41)36(2)23-14-17-37(19-23)20-24-25(33)11-8-12-26(24)34/h7-12,18,23H,3-6,13-17,19-20H2,1-2H3. The summed E-state index contributed by atoms with van der Waals surface area (Å²) in [6.07, 6.45) is 5.30. The number of carbonyl (C=O) groups is 2. The summed E-state index contributed by atoms with van der Waals surface area (Å²) in [4.78, 5) is 38.9. The Balaban J connectivity index is 1.43. The van der Waals surface area contributed by atoms with Crippen LogP contribution in [0.2, 0.25) is 15.1 Å². The fraction of sp³-hybridized carbons (Fsp3) is 0.452. The molecular weight excluding hydrogens is 581 g/mol. The molecule has 0 bridgehead atoms. The lowest BCUT2D eigenvalue weighted by molar-refractivity contribution is 0.0723. The number of aromatic nitrogens is 2. The first-order valence-corrected chi connectivity index (χ1v) is 15.5. The number of rotatable bonds is 9. The van der Waals surface area contributed by atoms with Gasteiger partial charge in [0.2, 0.25) is 0 Å². The topological polar surface area (TPSA) is 61.7 Å². The van der Waals surface area contributed by atoms with E-state index in [1.807, 2.05) is 34.7 Å². The van der Waals surface area contributed by atoms with Crippen LogP contribution in [0.4, 0.5) is 5.82 Å². The summed E-state index contributed by atoms with van der Waals surface area (Å²) in [7, 11) is 1.86. The van der Waals surface area contributed by atoms with E-state index in [2.05, 4.69) is 11.8 Å². The Labute approximate surface area is 257 Å². The number of anilines is 1. The maximum absolute atomic E-state index is 14.3. The third kappa shape index (κ3) is 6.43.